The van der Waals surface area contributed by atoms with Crippen molar-refractivity contribution < 1.29 is 41.0 Å². The molecule has 1 saturated heterocycles. The monoisotopic (exact) mass is 505 g/mol. The molecule has 0 saturated carbocycles. The van der Waals surface area contributed by atoms with Gasteiger partial charge >= 0.3 is 18.3 Å². The fourth-order valence-electron chi connectivity index (χ4n) is 3.34. The molecule has 14 heteroatoms. The van der Waals surface area contributed by atoms with Crippen LogP contribution >= 0.6 is 0 Å². The zero-order valence-electron chi connectivity index (χ0n) is 18.1. The van der Waals surface area contributed by atoms with Crippen molar-refractivity contribution in [1.82, 2.24) is 20.3 Å². The first-order valence-corrected chi connectivity index (χ1v) is 10.3. The average molecular weight is 505 g/mol. The Morgan fingerprint density at radius 1 is 1.09 bits per heavy atom. The van der Waals surface area contributed by atoms with Crippen molar-refractivity contribution in [2.24, 2.45) is 0 Å². The van der Waals surface area contributed by atoms with E-state index in [1.165, 1.54) is 6.07 Å². The van der Waals surface area contributed by atoms with Crippen LogP contribution in [0.4, 0.5) is 32.3 Å². The minimum atomic E-state index is -5.08. The standard InChI is InChI=1S/C19H20F3N5O.C2HF3O2/c20-19(21,22)15-2-1-3-16-17(15)14(12-24-16)11-23-8-13-9-25-18(26-10-13)27-4-6-28-7-5-27;3-2(4,5)1(6)7/h1-3,9-10,12,23-24H,4-8,11H2;(H,6,7). The van der Waals surface area contributed by atoms with Crippen molar-refractivity contribution in [2.75, 3.05) is 31.2 Å². The summed E-state index contributed by atoms with van der Waals surface area (Å²) >= 11 is 0. The number of rotatable bonds is 5. The number of carbonyl (C=O) groups is 1. The molecule has 0 amide bonds. The van der Waals surface area contributed by atoms with Crippen LogP contribution in [0.25, 0.3) is 10.9 Å². The Morgan fingerprint density at radius 3 is 2.29 bits per heavy atom. The summed E-state index contributed by atoms with van der Waals surface area (Å²) in [5, 5.41) is 10.5. The van der Waals surface area contributed by atoms with Gasteiger partial charge in [-0.05, 0) is 17.7 Å². The molecule has 4 rings (SSSR count). The van der Waals surface area contributed by atoms with Gasteiger partial charge in [-0.25, -0.2) is 14.8 Å². The van der Waals surface area contributed by atoms with Gasteiger partial charge in [0.25, 0.3) is 0 Å². The van der Waals surface area contributed by atoms with E-state index in [1.54, 1.807) is 24.7 Å². The number of morpholine rings is 1. The van der Waals surface area contributed by atoms with Gasteiger partial charge in [-0.3, -0.25) is 0 Å². The number of benzene rings is 1. The summed E-state index contributed by atoms with van der Waals surface area (Å²) in [5.41, 5.74) is 1.30. The van der Waals surface area contributed by atoms with Gasteiger partial charge in [0.05, 0.1) is 18.8 Å². The van der Waals surface area contributed by atoms with Gasteiger partial charge in [-0.2, -0.15) is 26.3 Å². The van der Waals surface area contributed by atoms with E-state index in [0.29, 0.717) is 43.3 Å². The highest BCUT2D eigenvalue weighted by Crippen LogP contribution is 2.36. The third-order valence-corrected chi connectivity index (χ3v) is 4.97. The lowest BCUT2D eigenvalue weighted by Crippen LogP contribution is -2.37. The van der Waals surface area contributed by atoms with E-state index < -0.39 is 23.9 Å². The quantitative estimate of drug-likeness (QED) is 0.454. The molecule has 0 spiro atoms. The number of H-pyrrole nitrogens is 1. The number of aromatic nitrogens is 3. The van der Waals surface area contributed by atoms with E-state index in [1.807, 2.05) is 0 Å². The van der Waals surface area contributed by atoms with Crippen LogP contribution in [-0.4, -0.2) is 58.5 Å². The van der Waals surface area contributed by atoms with E-state index in [-0.39, 0.29) is 5.39 Å². The first-order chi connectivity index (χ1) is 16.5. The van der Waals surface area contributed by atoms with Gasteiger partial charge in [0.1, 0.15) is 0 Å². The van der Waals surface area contributed by atoms with Gasteiger partial charge < -0.3 is 25.0 Å². The van der Waals surface area contributed by atoms with E-state index in [4.69, 9.17) is 14.6 Å². The van der Waals surface area contributed by atoms with Crippen LogP contribution in [0.5, 0.6) is 0 Å². The number of ether oxygens (including phenoxy) is 1. The second-order valence-electron chi connectivity index (χ2n) is 7.44. The molecule has 0 radical (unpaired) electrons. The highest BCUT2D eigenvalue weighted by Gasteiger charge is 2.38. The highest BCUT2D eigenvalue weighted by atomic mass is 19.4. The average Bonchev–Trinajstić information content (AvgIpc) is 3.22. The molecular formula is C21H21F6N5O3. The van der Waals surface area contributed by atoms with Crippen molar-refractivity contribution >= 4 is 22.8 Å². The number of carboxylic acids is 1. The molecule has 35 heavy (non-hydrogen) atoms. The fraction of sp³-hybridized carbons (Fsp3) is 0.381. The molecule has 0 unspecified atom stereocenters. The van der Waals surface area contributed by atoms with Crippen molar-refractivity contribution in [3.05, 3.63) is 53.5 Å². The van der Waals surface area contributed by atoms with Crippen LogP contribution in [0, 0.1) is 0 Å². The first kappa shape index (κ1) is 26.2. The SMILES string of the molecule is FC(F)(F)c1cccc2[nH]cc(CNCc3cnc(N4CCOCC4)nc3)c12.O=C(O)C(F)(F)F. The summed E-state index contributed by atoms with van der Waals surface area (Å²) in [4.78, 5) is 22.6. The number of nitrogens with zero attached hydrogens (tertiary/aromatic N) is 3. The summed E-state index contributed by atoms with van der Waals surface area (Å²) in [5.74, 6) is -2.09. The number of halogens is 6. The Kier molecular flexibility index (Phi) is 8.17. The lowest BCUT2D eigenvalue weighted by molar-refractivity contribution is -0.192. The molecule has 8 nitrogen and oxygen atoms in total. The molecule has 0 atom stereocenters. The van der Waals surface area contributed by atoms with Gasteiger partial charge in [0, 0.05) is 61.2 Å². The number of fused-ring (bicyclic) bond motifs is 1. The summed E-state index contributed by atoms with van der Waals surface area (Å²) in [7, 11) is 0. The van der Waals surface area contributed by atoms with Crippen LogP contribution < -0.4 is 10.2 Å². The van der Waals surface area contributed by atoms with E-state index in [9.17, 15) is 26.3 Å². The molecule has 3 heterocycles. The number of hydrogen-bond donors (Lipinski definition) is 3. The van der Waals surface area contributed by atoms with Gasteiger partial charge in [-0.1, -0.05) is 6.07 Å². The minimum Gasteiger partial charge on any atom is -0.475 e. The number of carboxylic acid groups (broad SMARTS) is 1. The van der Waals surface area contributed by atoms with Gasteiger partial charge in [0.15, 0.2) is 0 Å². The Balaban J connectivity index is 0.000000429. The smallest absolute Gasteiger partial charge is 0.475 e. The summed E-state index contributed by atoms with van der Waals surface area (Å²) in [6.07, 6.45) is -4.38. The van der Waals surface area contributed by atoms with E-state index in [2.05, 4.69) is 25.2 Å². The number of anilines is 1. The van der Waals surface area contributed by atoms with Crippen LogP contribution in [0.3, 0.4) is 0 Å². The Bertz CT molecular complexity index is 1130. The van der Waals surface area contributed by atoms with Crippen molar-refractivity contribution in [3.8, 4) is 0 Å². The normalized spacial score (nSPS) is 14.5. The largest absolute Gasteiger partial charge is 0.490 e. The van der Waals surface area contributed by atoms with Crippen molar-refractivity contribution in [2.45, 2.75) is 25.4 Å². The van der Waals surface area contributed by atoms with Crippen LogP contribution in [-0.2, 0) is 28.8 Å². The molecule has 190 valence electrons. The predicted molar refractivity (Wildman–Crippen MR) is 113 cm³/mol. The molecule has 0 aliphatic carbocycles. The summed E-state index contributed by atoms with van der Waals surface area (Å²) in [6.45, 7) is 3.62. The summed E-state index contributed by atoms with van der Waals surface area (Å²) < 4.78 is 76.9. The molecular weight excluding hydrogens is 484 g/mol. The molecule has 1 aliphatic heterocycles. The second kappa shape index (κ2) is 10.9. The zero-order valence-corrected chi connectivity index (χ0v) is 18.1. The minimum absolute atomic E-state index is 0.210. The third kappa shape index (κ3) is 7.05. The third-order valence-electron chi connectivity index (χ3n) is 4.97. The predicted octanol–water partition coefficient (Wildman–Crippen LogP) is 3.74. The van der Waals surface area contributed by atoms with E-state index >= 15 is 0 Å². The second-order valence-corrected chi connectivity index (χ2v) is 7.44. The number of hydrogen-bond acceptors (Lipinski definition) is 6. The topological polar surface area (TPSA) is 103 Å². The molecule has 3 N–H and O–H groups in total. The maximum atomic E-state index is 13.3. The number of alkyl halides is 6. The number of aliphatic carboxylic acids is 1. The molecule has 1 aliphatic rings. The lowest BCUT2D eigenvalue weighted by atomic mass is 10.1. The molecule has 3 aromatic rings. The molecule has 2 aromatic heterocycles. The Hall–Kier alpha value is -3.39. The Labute approximate surface area is 194 Å². The molecule has 1 fully saturated rings. The zero-order chi connectivity index (χ0) is 25.6. The first-order valence-electron chi connectivity index (χ1n) is 10.3. The maximum absolute atomic E-state index is 13.3. The van der Waals surface area contributed by atoms with Gasteiger partial charge in [0.2, 0.25) is 5.95 Å². The number of nitrogens with one attached hydrogen (secondary N) is 2. The molecule has 1 aromatic carbocycles. The van der Waals surface area contributed by atoms with Gasteiger partial charge in [-0.15, -0.1) is 0 Å². The number of aromatic amines is 1. The van der Waals surface area contributed by atoms with Crippen LogP contribution in [0.15, 0.2) is 36.8 Å². The lowest BCUT2D eigenvalue weighted by Gasteiger charge is -2.26. The Morgan fingerprint density at radius 2 is 1.71 bits per heavy atom. The van der Waals surface area contributed by atoms with Crippen molar-refractivity contribution in [1.29, 1.82) is 0 Å². The summed E-state index contributed by atoms with van der Waals surface area (Å²) in [6, 6.07) is 4.16. The highest BCUT2D eigenvalue weighted by molar-refractivity contribution is 5.87. The van der Waals surface area contributed by atoms with Crippen molar-refractivity contribution in [3.63, 3.8) is 0 Å². The van der Waals surface area contributed by atoms with Crippen LogP contribution in [0.1, 0.15) is 16.7 Å². The van der Waals surface area contributed by atoms with E-state index in [0.717, 1.165) is 24.7 Å². The molecule has 0 bridgehead atoms. The van der Waals surface area contributed by atoms with Crippen LogP contribution in [0.2, 0.25) is 0 Å². The maximum Gasteiger partial charge on any atom is 0.490 e. The fourth-order valence-corrected chi connectivity index (χ4v) is 3.34.